The molecular formula is C21H30IN7. The van der Waals surface area contributed by atoms with Gasteiger partial charge in [-0.25, -0.2) is 4.68 Å². The van der Waals surface area contributed by atoms with Crippen molar-refractivity contribution >= 4 is 29.9 Å². The van der Waals surface area contributed by atoms with E-state index in [1.165, 1.54) is 5.56 Å². The Labute approximate surface area is 189 Å². The third-order valence-corrected chi connectivity index (χ3v) is 4.64. The molecule has 0 spiro atoms. The summed E-state index contributed by atoms with van der Waals surface area (Å²) in [4.78, 5) is 6.58. The molecule has 3 rings (SSSR count). The average Bonchev–Trinajstić information content (AvgIpc) is 3.32. The predicted octanol–water partition coefficient (Wildman–Crippen LogP) is 3.55. The van der Waals surface area contributed by atoms with Crippen molar-refractivity contribution in [1.29, 1.82) is 0 Å². The maximum Gasteiger partial charge on any atom is 0.193 e. The zero-order valence-electron chi connectivity index (χ0n) is 17.7. The zero-order chi connectivity index (χ0) is 20.1. The molecule has 0 aliphatic heterocycles. The highest BCUT2D eigenvalue weighted by Crippen LogP contribution is 2.19. The van der Waals surface area contributed by atoms with Gasteiger partial charge in [-0.05, 0) is 23.6 Å². The van der Waals surface area contributed by atoms with Gasteiger partial charge in [0.2, 0.25) is 0 Å². The van der Waals surface area contributed by atoms with Crippen molar-refractivity contribution < 1.29 is 0 Å². The molecule has 0 saturated heterocycles. The van der Waals surface area contributed by atoms with Crippen molar-refractivity contribution in [2.45, 2.75) is 32.9 Å². The second kappa shape index (κ2) is 10.4. The number of para-hydroxylation sites is 1. The number of halogens is 1. The number of aromatic nitrogens is 4. The molecule has 0 atom stereocenters. The second-order valence-corrected chi connectivity index (χ2v) is 7.20. The van der Waals surface area contributed by atoms with E-state index in [0.29, 0.717) is 12.5 Å². The Balaban J connectivity index is 0.00000300. The molecule has 0 bridgehead atoms. The van der Waals surface area contributed by atoms with E-state index < -0.39 is 0 Å². The predicted molar refractivity (Wildman–Crippen MR) is 128 cm³/mol. The first-order valence-electron chi connectivity index (χ1n) is 9.51. The van der Waals surface area contributed by atoms with Crippen molar-refractivity contribution in [3.05, 3.63) is 65.7 Å². The molecule has 0 saturated carbocycles. The van der Waals surface area contributed by atoms with Crippen LogP contribution in [0, 0.1) is 0 Å². The largest absolute Gasteiger partial charge is 0.352 e. The highest BCUT2D eigenvalue weighted by molar-refractivity contribution is 14.0. The molecule has 1 aromatic carbocycles. The normalized spacial score (nSPS) is 11.4. The molecule has 3 aromatic rings. The molecule has 0 unspecified atom stereocenters. The summed E-state index contributed by atoms with van der Waals surface area (Å²) in [5, 5.41) is 12.4. The van der Waals surface area contributed by atoms with Gasteiger partial charge in [0.1, 0.15) is 0 Å². The molecular weight excluding hydrogens is 477 g/mol. The summed E-state index contributed by atoms with van der Waals surface area (Å²) in [6, 6.07) is 10.2. The van der Waals surface area contributed by atoms with Crippen LogP contribution in [0.15, 0.2) is 53.9 Å². The molecule has 0 radical (unpaired) electrons. The van der Waals surface area contributed by atoms with Gasteiger partial charge in [-0.2, -0.15) is 10.2 Å². The van der Waals surface area contributed by atoms with E-state index in [1.807, 2.05) is 54.9 Å². The molecule has 1 N–H and O–H groups in total. The lowest BCUT2D eigenvalue weighted by atomic mass is 10.1. The number of aliphatic imine (C=N–C) groups is 1. The van der Waals surface area contributed by atoms with Gasteiger partial charge in [0.15, 0.2) is 5.96 Å². The quantitative estimate of drug-likeness (QED) is 0.315. The van der Waals surface area contributed by atoms with E-state index in [2.05, 4.69) is 57.6 Å². The monoisotopic (exact) mass is 507 g/mol. The molecule has 156 valence electrons. The molecule has 2 heterocycles. The van der Waals surface area contributed by atoms with Crippen molar-refractivity contribution in [1.82, 2.24) is 29.8 Å². The first-order chi connectivity index (χ1) is 13.5. The fraction of sp³-hybridized carbons (Fsp3) is 0.381. The van der Waals surface area contributed by atoms with Gasteiger partial charge in [0.25, 0.3) is 0 Å². The van der Waals surface area contributed by atoms with E-state index in [0.717, 1.165) is 29.4 Å². The number of nitrogens with zero attached hydrogens (tertiary/aromatic N) is 6. The van der Waals surface area contributed by atoms with Crippen LogP contribution in [-0.4, -0.2) is 44.5 Å². The van der Waals surface area contributed by atoms with Crippen LogP contribution in [0.4, 0.5) is 0 Å². The summed E-state index contributed by atoms with van der Waals surface area (Å²) in [5.41, 5.74) is 4.58. The van der Waals surface area contributed by atoms with E-state index in [1.54, 1.807) is 6.20 Å². The number of rotatable bonds is 6. The number of nitrogens with one attached hydrogen (secondary N) is 1. The fourth-order valence-electron chi connectivity index (χ4n) is 3.35. The average molecular weight is 507 g/mol. The Morgan fingerprint density at radius 2 is 1.97 bits per heavy atom. The van der Waals surface area contributed by atoms with Crippen LogP contribution in [0.3, 0.4) is 0 Å². The Kier molecular flexibility index (Phi) is 8.24. The maximum absolute atomic E-state index is 4.60. The Morgan fingerprint density at radius 3 is 2.62 bits per heavy atom. The van der Waals surface area contributed by atoms with Gasteiger partial charge in [-0.1, -0.05) is 32.0 Å². The number of hydrogen-bond donors (Lipinski definition) is 1. The highest BCUT2D eigenvalue weighted by atomic mass is 127. The van der Waals surface area contributed by atoms with Gasteiger partial charge in [-0.15, -0.1) is 24.0 Å². The lowest BCUT2D eigenvalue weighted by molar-refractivity contribution is 0.473. The molecule has 29 heavy (non-hydrogen) atoms. The lowest BCUT2D eigenvalue weighted by Gasteiger charge is -2.23. The summed E-state index contributed by atoms with van der Waals surface area (Å²) in [6.45, 7) is 5.76. The molecule has 0 fully saturated rings. The molecule has 2 aromatic heterocycles. The van der Waals surface area contributed by atoms with Crippen LogP contribution in [0.25, 0.3) is 5.69 Å². The van der Waals surface area contributed by atoms with Gasteiger partial charge in [0.05, 0.1) is 11.4 Å². The van der Waals surface area contributed by atoms with Crippen LogP contribution in [-0.2, 0) is 20.1 Å². The van der Waals surface area contributed by atoms with E-state index in [9.17, 15) is 0 Å². The van der Waals surface area contributed by atoms with Crippen LogP contribution >= 0.6 is 24.0 Å². The van der Waals surface area contributed by atoms with E-state index in [4.69, 9.17) is 0 Å². The van der Waals surface area contributed by atoms with Crippen molar-refractivity contribution in [3.8, 4) is 5.69 Å². The Morgan fingerprint density at radius 1 is 1.21 bits per heavy atom. The third-order valence-electron chi connectivity index (χ3n) is 4.64. The minimum Gasteiger partial charge on any atom is -0.352 e. The maximum atomic E-state index is 4.60. The summed E-state index contributed by atoms with van der Waals surface area (Å²) < 4.78 is 3.77. The first-order valence-corrected chi connectivity index (χ1v) is 9.51. The molecule has 0 aliphatic rings. The first kappa shape index (κ1) is 22.9. The minimum absolute atomic E-state index is 0. The topological polar surface area (TPSA) is 63.3 Å². The standard InChI is InChI=1S/C21H29N7.HI/c1-16(2)20-18(15-27(5)25-20)14-26(4)21(22-3)23-13-17-9-6-7-10-19(17)28-12-8-11-24-28;/h6-12,15-16H,13-14H2,1-5H3,(H,22,23);1H. The Hall–Kier alpha value is -2.36. The molecule has 0 aliphatic carbocycles. The molecule has 7 nitrogen and oxygen atoms in total. The molecule has 0 amide bonds. The number of hydrogen-bond acceptors (Lipinski definition) is 3. The number of aryl methyl sites for hydroxylation is 1. The SMILES string of the molecule is CN=C(NCc1ccccc1-n1cccn1)N(C)Cc1cn(C)nc1C(C)C.I. The summed E-state index contributed by atoms with van der Waals surface area (Å²) in [6.07, 6.45) is 5.83. The second-order valence-electron chi connectivity index (χ2n) is 7.20. The fourth-order valence-corrected chi connectivity index (χ4v) is 3.35. The van der Waals surface area contributed by atoms with Gasteiger partial charge in [-0.3, -0.25) is 9.67 Å². The minimum atomic E-state index is 0. The van der Waals surface area contributed by atoms with E-state index >= 15 is 0 Å². The van der Waals surface area contributed by atoms with Gasteiger partial charge in [0, 0.05) is 58.4 Å². The highest BCUT2D eigenvalue weighted by Gasteiger charge is 2.15. The van der Waals surface area contributed by atoms with Crippen LogP contribution in [0.1, 0.15) is 36.6 Å². The summed E-state index contributed by atoms with van der Waals surface area (Å²) >= 11 is 0. The molecule has 8 heteroatoms. The van der Waals surface area contributed by atoms with Gasteiger partial charge >= 0.3 is 0 Å². The number of guanidine groups is 1. The zero-order valence-corrected chi connectivity index (χ0v) is 20.0. The van der Waals surface area contributed by atoms with Crippen molar-refractivity contribution in [2.75, 3.05) is 14.1 Å². The third kappa shape index (κ3) is 5.59. The van der Waals surface area contributed by atoms with Crippen LogP contribution in [0.5, 0.6) is 0 Å². The van der Waals surface area contributed by atoms with E-state index in [-0.39, 0.29) is 24.0 Å². The Bertz CT molecular complexity index is 928. The number of benzene rings is 1. The van der Waals surface area contributed by atoms with Crippen LogP contribution in [0.2, 0.25) is 0 Å². The van der Waals surface area contributed by atoms with Crippen molar-refractivity contribution in [2.24, 2.45) is 12.0 Å². The smallest absolute Gasteiger partial charge is 0.193 e. The summed E-state index contributed by atoms with van der Waals surface area (Å²) in [5.74, 6) is 1.23. The summed E-state index contributed by atoms with van der Waals surface area (Å²) in [7, 11) is 5.82. The lowest BCUT2D eigenvalue weighted by Crippen LogP contribution is -2.38. The van der Waals surface area contributed by atoms with Gasteiger partial charge < -0.3 is 10.2 Å². The van der Waals surface area contributed by atoms with Crippen molar-refractivity contribution in [3.63, 3.8) is 0 Å². The van der Waals surface area contributed by atoms with Crippen LogP contribution < -0.4 is 5.32 Å².